The number of anilines is 1. The van der Waals surface area contributed by atoms with E-state index < -0.39 is 17.5 Å². The monoisotopic (exact) mass is 412 g/mol. The van der Waals surface area contributed by atoms with Gasteiger partial charge in [0.15, 0.2) is 5.16 Å². The first-order chi connectivity index (χ1) is 13.4. The number of hydrogen-bond donors (Lipinski definition) is 0. The molecule has 1 heterocycles. The second-order valence-corrected chi connectivity index (χ2v) is 7.30. The van der Waals surface area contributed by atoms with Crippen molar-refractivity contribution in [2.45, 2.75) is 42.8 Å². The van der Waals surface area contributed by atoms with Gasteiger partial charge in [-0.15, -0.1) is 0 Å². The molecule has 0 aliphatic heterocycles. The molecule has 1 aromatic heterocycles. The zero-order chi connectivity index (χ0) is 20.7. The lowest BCUT2D eigenvalue weighted by Crippen LogP contribution is -2.57. The number of nitro groups is 1. The molecule has 0 radical (unpaired) electrons. The van der Waals surface area contributed by atoms with E-state index in [-0.39, 0.29) is 29.4 Å². The lowest BCUT2D eigenvalue weighted by Gasteiger charge is -2.44. The van der Waals surface area contributed by atoms with Crippen molar-refractivity contribution >= 4 is 29.5 Å². The molecule has 1 saturated carbocycles. The van der Waals surface area contributed by atoms with Crippen LogP contribution in [0.2, 0.25) is 0 Å². The van der Waals surface area contributed by atoms with Crippen molar-refractivity contribution in [2.75, 3.05) is 38.5 Å². The minimum absolute atomic E-state index is 0.0532. The Labute approximate surface area is 167 Å². The van der Waals surface area contributed by atoms with E-state index in [1.807, 2.05) is 0 Å². The second-order valence-electron chi connectivity index (χ2n) is 6.52. The third-order valence-electron chi connectivity index (χ3n) is 4.89. The molecule has 0 unspecified atom stereocenters. The van der Waals surface area contributed by atoms with Crippen molar-refractivity contribution in [1.29, 1.82) is 0 Å². The summed E-state index contributed by atoms with van der Waals surface area (Å²) in [6.07, 6.45) is 6.62. The van der Waals surface area contributed by atoms with Gasteiger partial charge in [0, 0.05) is 11.1 Å². The zero-order valence-electron chi connectivity index (χ0n) is 16.2. The van der Waals surface area contributed by atoms with Crippen molar-refractivity contribution in [3.8, 4) is 0 Å². The third kappa shape index (κ3) is 4.89. The first kappa shape index (κ1) is 21.9. The van der Waals surface area contributed by atoms with Gasteiger partial charge in [0.1, 0.15) is 23.5 Å². The number of carbonyl (C=O) groups is 2. The highest BCUT2D eigenvalue weighted by Crippen LogP contribution is 2.38. The molecule has 2 rings (SSSR count). The molecular weight excluding hydrogens is 388 g/mol. The van der Waals surface area contributed by atoms with E-state index >= 15 is 0 Å². The Kier molecular flexibility index (Phi) is 7.55. The van der Waals surface area contributed by atoms with Crippen LogP contribution in [0.25, 0.3) is 0 Å². The van der Waals surface area contributed by atoms with E-state index in [0.717, 1.165) is 19.3 Å². The molecule has 154 valence electrons. The fraction of sp³-hybridized carbons (Fsp3) is 0.647. The van der Waals surface area contributed by atoms with Gasteiger partial charge in [-0.1, -0.05) is 31.0 Å². The summed E-state index contributed by atoms with van der Waals surface area (Å²) in [7, 11) is 2.47. The van der Waals surface area contributed by atoms with Crippen LogP contribution in [0.1, 0.15) is 42.5 Å². The maximum atomic E-state index is 12.3. The molecule has 1 fully saturated rings. The predicted octanol–water partition coefficient (Wildman–Crippen LogP) is 1.94. The maximum absolute atomic E-state index is 12.3. The summed E-state index contributed by atoms with van der Waals surface area (Å²) in [6.45, 7) is -0.637. The van der Waals surface area contributed by atoms with Gasteiger partial charge in [-0.25, -0.2) is 14.8 Å². The van der Waals surface area contributed by atoms with Crippen molar-refractivity contribution in [1.82, 2.24) is 9.97 Å². The summed E-state index contributed by atoms with van der Waals surface area (Å²) >= 11 is 1.26. The molecule has 0 spiro atoms. The lowest BCUT2D eigenvalue weighted by atomic mass is 9.80. The first-order valence-corrected chi connectivity index (χ1v) is 10.0. The fourth-order valence-electron chi connectivity index (χ4n) is 3.54. The number of esters is 2. The molecule has 0 atom stereocenters. The summed E-state index contributed by atoms with van der Waals surface area (Å²) < 4.78 is 9.64. The maximum Gasteiger partial charge on any atom is 0.343 e. The number of ether oxygens (including phenoxy) is 2. The highest BCUT2D eigenvalue weighted by molar-refractivity contribution is 7.98. The number of rotatable bonds is 8. The van der Waals surface area contributed by atoms with Crippen LogP contribution in [-0.4, -0.2) is 65.9 Å². The number of nitrogens with zero attached hydrogens (tertiary/aromatic N) is 4. The van der Waals surface area contributed by atoms with Crippen molar-refractivity contribution in [3.63, 3.8) is 0 Å². The first-order valence-electron chi connectivity index (χ1n) is 8.82. The highest BCUT2D eigenvalue weighted by atomic mass is 32.2. The van der Waals surface area contributed by atoms with Crippen molar-refractivity contribution in [3.05, 3.63) is 21.9 Å². The second kappa shape index (κ2) is 9.67. The Morgan fingerprint density at radius 3 is 2.50 bits per heavy atom. The van der Waals surface area contributed by atoms with Crippen LogP contribution >= 0.6 is 11.8 Å². The van der Waals surface area contributed by atoms with Crippen LogP contribution in [-0.2, 0) is 14.3 Å². The number of thioether (sulfide) groups is 1. The summed E-state index contributed by atoms with van der Waals surface area (Å²) in [5.41, 5.74) is -0.902. The van der Waals surface area contributed by atoms with Gasteiger partial charge in [0.25, 0.3) is 0 Å². The van der Waals surface area contributed by atoms with Gasteiger partial charge >= 0.3 is 11.9 Å². The molecule has 0 saturated heterocycles. The molecule has 1 aromatic rings. The molecule has 0 N–H and O–H groups in total. The van der Waals surface area contributed by atoms with E-state index in [2.05, 4.69) is 9.97 Å². The van der Waals surface area contributed by atoms with E-state index in [0.29, 0.717) is 18.0 Å². The minimum Gasteiger partial charge on any atom is -0.468 e. The molecule has 0 amide bonds. The SMILES string of the molecule is COC(=O)CN(c1nc(SC)ncc1C(=O)OC)C1(C[N+](=O)[O-])CCCCC1. The Hall–Kier alpha value is -2.43. The molecule has 11 heteroatoms. The summed E-state index contributed by atoms with van der Waals surface area (Å²) in [6, 6.07) is 0. The Morgan fingerprint density at radius 1 is 1.29 bits per heavy atom. The molecule has 1 aliphatic rings. The van der Waals surface area contributed by atoms with Crippen LogP contribution in [0.15, 0.2) is 11.4 Å². The van der Waals surface area contributed by atoms with E-state index in [1.165, 1.54) is 32.2 Å². The standard InChI is InChI=1S/C17H24N4O6S/c1-26-13(22)10-20(17(11-21(24)25)7-5-4-6-8-17)14-12(15(23)27-2)9-18-16(19-14)28-3/h9H,4-8,10-11H2,1-3H3. The highest BCUT2D eigenvalue weighted by Gasteiger charge is 2.45. The minimum atomic E-state index is -0.956. The normalized spacial score (nSPS) is 15.5. The van der Waals surface area contributed by atoms with Gasteiger partial charge in [-0.05, 0) is 19.1 Å². The largest absolute Gasteiger partial charge is 0.468 e. The summed E-state index contributed by atoms with van der Waals surface area (Å²) in [5, 5.41) is 11.9. The van der Waals surface area contributed by atoms with Crippen LogP contribution in [0, 0.1) is 10.1 Å². The molecule has 0 bridgehead atoms. The van der Waals surface area contributed by atoms with Crippen LogP contribution in [0.5, 0.6) is 0 Å². The van der Waals surface area contributed by atoms with E-state index in [9.17, 15) is 19.7 Å². The molecule has 1 aliphatic carbocycles. The average Bonchev–Trinajstić information content (AvgIpc) is 2.70. The Bertz CT molecular complexity index is 738. The zero-order valence-corrected chi connectivity index (χ0v) is 17.0. The summed E-state index contributed by atoms with van der Waals surface area (Å²) in [5.74, 6) is -1.10. The fourth-order valence-corrected chi connectivity index (χ4v) is 3.88. The predicted molar refractivity (Wildman–Crippen MR) is 102 cm³/mol. The van der Waals surface area contributed by atoms with Crippen molar-refractivity contribution in [2.24, 2.45) is 0 Å². The number of methoxy groups -OCH3 is 2. The van der Waals surface area contributed by atoms with E-state index in [4.69, 9.17) is 9.47 Å². The molecule has 0 aromatic carbocycles. The molecule has 10 nitrogen and oxygen atoms in total. The Morgan fingerprint density at radius 2 is 1.96 bits per heavy atom. The van der Waals surface area contributed by atoms with Crippen molar-refractivity contribution < 1.29 is 24.0 Å². The molecule has 28 heavy (non-hydrogen) atoms. The number of hydrogen-bond acceptors (Lipinski definition) is 10. The quantitative estimate of drug-likeness (QED) is 0.206. The van der Waals surface area contributed by atoms with Gasteiger partial charge < -0.3 is 14.4 Å². The summed E-state index contributed by atoms with van der Waals surface area (Å²) in [4.78, 5) is 45.7. The average molecular weight is 412 g/mol. The third-order valence-corrected chi connectivity index (χ3v) is 5.45. The topological polar surface area (TPSA) is 125 Å². The number of aromatic nitrogens is 2. The molecular formula is C17H24N4O6S. The number of carbonyl (C=O) groups excluding carboxylic acids is 2. The van der Waals surface area contributed by atoms with Gasteiger partial charge in [0.05, 0.1) is 14.2 Å². The van der Waals surface area contributed by atoms with Crippen LogP contribution in [0.3, 0.4) is 0 Å². The van der Waals surface area contributed by atoms with Gasteiger partial charge in [0.2, 0.25) is 6.54 Å². The Balaban J connectivity index is 2.66. The lowest BCUT2D eigenvalue weighted by molar-refractivity contribution is -0.490. The smallest absolute Gasteiger partial charge is 0.343 e. The van der Waals surface area contributed by atoms with E-state index in [1.54, 1.807) is 11.2 Å². The van der Waals surface area contributed by atoms with Gasteiger partial charge in [-0.2, -0.15) is 0 Å². The van der Waals surface area contributed by atoms with Crippen LogP contribution in [0.4, 0.5) is 5.82 Å². The van der Waals surface area contributed by atoms with Gasteiger partial charge in [-0.3, -0.25) is 14.9 Å². The van der Waals surface area contributed by atoms with Crippen LogP contribution < -0.4 is 4.90 Å².